The lowest BCUT2D eigenvalue weighted by molar-refractivity contribution is 0.0685. The summed E-state index contributed by atoms with van der Waals surface area (Å²) in [4.78, 5) is 15.4. The molecule has 0 spiro atoms. The van der Waals surface area contributed by atoms with Gasteiger partial charge in [0.05, 0.1) is 0 Å². The SMILES string of the molecule is CC(C)[C@H]1CCc2c(-c3ccc(F)cc3F)cc(C(=O)O)nc2O1. The van der Waals surface area contributed by atoms with Crippen molar-refractivity contribution in [2.75, 3.05) is 0 Å². The zero-order chi connectivity index (χ0) is 17.4. The first-order valence-electron chi connectivity index (χ1n) is 7.76. The van der Waals surface area contributed by atoms with Crippen LogP contribution in [0.5, 0.6) is 5.88 Å². The second-order valence-electron chi connectivity index (χ2n) is 6.21. The molecule has 0 fully saturated rings. The van der Waals surface area contributed by atoms with Crippen LogP contribution in [0.3, 0.4) is 0 Å². The minimum Gasteiger partial charge on any atom is -0.477 e. The van der Waals surface area contributed by atoms with Crippen molar-refractivity contribution in [3.63, 3.8) is 0 Å². The van der Waals surface area contributed by atoms with Gasteiger partial charge in [-0.25, -0.2) is 18.6 Å². The summed E-state index contributed by atoms with van der Waals surface area (Å²) in [7, 11) is 0. The summed E-state index contributed by atoms with van der Waals surface area (Å²) in [5.74, 6) is -2.19. The fourth-order valence-electron chi connectivity index (χ4n) is 2.90. The Bertz CT molecular complexity index is 805. The predicted octanol–water partition coefficient (Wildman–Crippen LogP) is 4.07. The van der Waals surface area contributed by atoms with Gasteiger partial charge in [-0.15, -0.1) is 0 Å². The molecule has 0 aliphatic carbocycles. The molecule has 1 atom stereocenters. The number of hydrogen-bond acceptors (Lipinski definition) is 3. The van der Waals surface area contributed by atoms with Gasteiger partial charge < -0.3 is 9.84 Å². The fourth-order valence-corrected chi connectivity index (χ4v) is 2.90. The molecule has 1 aliphatic rings. The van der Waals surface area contributed by atoms with Gasteiger partial charge in [0, 0.05) is 17.2 Å². The molecule has 0 saturated heterocycles. The lowest BCUT2D eigenvalue weighted by atomic mass is 9.91. The molecule has 2 aromatic rings. The van der Waals surface area contributed by atoms with Gasteiger partial charge in [0.2, 0.25) is 5.88 Å². The first-order valence-corrected chi connectivity index (χ1v) is 7.76. The van der Waals surface area contributed by atoms with Gasteiger partial charge in [-0.2, -0.15) is 0 Å². The van der Waals surface area contributed by atoms with Gasteiger partial charge in [-0.3, -0.25) is 0 Å². The highest BCUT2D eigenvalue weighted by atomic mass is 19.1. The zero-order valence-electron chi connectivity index (χ0n) is 13.3. The molecule has 1 N–H and O–H groups in total. The Hall–Kier alpha value is -2.50. The highest BCUT2D eigenvalue weighted by Gasteiger charge is 2.28. The van der Waals surface area contributed by atoms with E-state index in [4.69, 9.17) is 4.74 Å². The van der Waals surface area contributed by atoms with Crippen molar-refractivity contribution >= 4 is 5.97 Å². The highest BCUT2D eigenvalue weighted by Crippen LogP contribution is 2.37. The Balaban J connectivity index is 2.17. The molecule has 6 heteroatoms. The van der Waals surface area contributed by atoms with E-state index in [1.807, 2.05) is 13.8 Å². The normalized spacial score (nSPS) is 16.6. The number of fused-ring (bicyclic) bond motifs is 1. The Morgan fingerprint density at radius 1 is 1.29 bits per heavy atom. The number of halogens is 2. The molecule has 0 amide bonds. The van der Waals surface area contributed by atoms with E-state index in [-0.39, 0.29) is 29.2 Å². The first kappa shape index (κ1) is 16.4. The summed E-state index contributed by atoms with van der Waals surface area (Å²) in [6.45, 7) is 4.02. The van der Waals surface area contributed by atoms with E-state index < -0.39 is 17.6 Å². The Morgan fingerprint density at radius 2 is 2.04 bits per heavy atom. The van der Waals surface area contributed by atoms with Crippen LogP contribution in [-0.4, -0.2) is 22.2 Å². The molecule has 4 nitrogen and oxygen atoms in total. The second-order valence-corrected chi connectivity index (χ2v) is 6.21. The summed E-state index contributed by atoms with van der Waals surface area (Å²) >= 11 is 0. The summed E-state index contributed by atoms with van der Waals surface area (Å²) in [5.41, 5.74) is 0.959. The number of benzene rings is 1. The van der Waals surface area contributed by atoms with Crippen LogP contribution in [0, 0.1) is 17.6 Å². The molecule has 2 heterocycles. The van der Waals surface area contributed by atoms with E-state index in [0.29, 0.717) is 17.5 Å². The number of ether oxygens (including phenoxy) is 1. The van der Waals surface area contributed by atoms with Crippen LogP contribution >= 0.6 is 0 Å². The quantitative estimate of drug-likeness (QED) is 0.920. The molecule has 0 unspecified atom stereocenters. The smallest absolute Gasteiger partial charge is 0.354 e. The lowest BCUT2D eigenvalue weighted by Gasteiger charge is -2.29. The van der Waals surface area contributed by atoms with Crippen molar-refractivity contribution in [3.8, 4) is 17.0 Å². The molecule has 1 aromatic heterocycles. The minimum atomic E-state index is -1.23. The fraction of sp³-hybridized carbons (Fsp3) is 0.333. The highest BCUT2D eigenvalue weighted by molar-refractivity contribution is 5.88. The standard InChI is InChI=1S/C18H17F2NO3/c1-9(2)16-6-5-12-13(11-4-3-10(19)7-14(11)20)8-15(18(22)23)21-17(12)24-16/h3-4,7-9,16H,5-6H2,1-2H3,(H,22,23)/t16-/m1/s1. The van der Waals surface area contributed by atoms with Gasteiger partial charge in [0.15, 0.2) is 5.69 Å². The second kappa shape index (κ2) is 6.19. The average molecular weight is 333 g/mol. The van der Waals surface area contributed by atoms with Crippen LogP contribution in [-0.2, 0) is 6.42 Å². The number of rotatable bonds is 3. The molecular formula is C18H17F2NO3. The van der Waals surface area contributed by atoms with E-state index in [2.05, 4.69) is 4.98 Å². The van der Waals surface area contributed by atoms with Crippen molar-refractivity contribution in [2.45, 2.75) is 32.8 Å². The predicted molar refractivity (Wildman–Crippen MR) is 84.1 cm³/mol. The van der Waals surface area contributed by atoms with Crippen molar-refractivity contribution in [1.29, 1.82) is 0 Å². The van der Waals surface area contributed by atoms with Crippen LogP contribution in [0.15, 0.2) is 24.3 Å². The Labute approximate surface area is 138 Å². The number of pyridine rings is 1. The van der Waals surface area contributed by atoms with Crippen LogP contribution in [0.2, 0.25) is 0 Å². The Kier molecular flexibility index (Phi) is 4.22. The molecule has 3 rings (SSSR count). The third-order valence-electron chi connectivity index (χ3n) is 4.21. The number of nitrogens with zero attached hydrogens (tertiary/aromatic N) is 1. The number of aromatic carboxylic acids is 1. The van der Waals surface area contributed by atoms with Crippen molar-refractivity contribution < 1.29 is 23.4 Å². The third kappa shape index (κ3) is 2.96. The molecular weight excluding hydrogens is 316 g/mol. The lowest BCUT2D eigenvalue weighted by Crippen LogP contribution is -2.29. The molecule has 1 aliphatic heterocycles. The molecule has 1 aromatic carbocycles. The van der Waals surface area contributed by atoms with E-state index in [1.54, 1.807) is 0 Å². The van der Waals surface area contributed by atoms with Gasteiger partial charge in [0.25, 0.3) is 0 Å². The summed E-state index contributed by atoms with van der Waals surface area (Å²) in [5, 5.41) is 9.27. The van der Waals surface area contributed by atoms with Crippen LogP contribution in [0.1, 0.15) is 36.3 Å². The molecule has 0 bridgehead atoms. The maximum atomic E-state index is 14.2. The molecule has 24 heavy (non-hydrogen) atoms. The summed E-state index contributed by atoms with van der Waals surface area (Å²) in [6.07, 6.45) is 1.26. The number of hydrogen-bond donors (Lipinski definition) is 1. The number of carbonyl (C=O) groups is 1. The largest absolute Gasteiger partial charge is 0.477 e. The van der Waals surface area contributed by atoms with Crippen LogP contribution < -0.4 is 4.74 Å². The van der Waals surface area contributed by atoms with Crippen molar-refractivity contribution in [2.24, 2.45) is 5.92 Å². The van der Waals surface area contributed by atoms with E-state index >= 15 is 0 Å². The van der Waals surface area contributed by atoms with Gasteiger partial charge in [0.1, 0.15) is 17.7 Å². The van der Waals surface area contributed by atoms with Gasteiger partial charge in [-0.1, -0.05) is 13.8 Å². The maximum Gasteiger partial charge on any atom is 0.354 e. The number of aromatic nitrogens is 1. The number of carboxylic acids is 1. The molecule has 0 radical (unpaired) electrons. The zero-order valence-corrected chi connectivity index (χ0v) is 13.3. The van der Waals surface area contributed by atoms with Crippen molar-refractivity contribution in [1.82, 2.24) is 4.98 Å². The van der Waals surface area contributed by atoms with Crippen LogP contribution in [0.25, 0.3) is 11.1 Å². The summed E-state index contributed by atoms with van der Waals surface area (Å²) in [6, 6.07) is 4.55. The maximum absolute atomic E-state index is 14.2. The summed E-state index contributed by atoms with van der Waals surface area (Å²) < 4.78 is 33.2. The first-order chi connectivity index (χ1) is 11.4. The minimum absolute atomic E-state index is 0.0695. The van der Waals surface area contributed by atoms with Gasteiger partial charge in [-0.05, 0) is 42.5 Å². The molecule has 0 saturated carbocycles. The van der Waals surface area contributed by atoms with E-state index in [9.17, 15) is 18.7 Å². The van der Waals surface area contributed by atoms with E-state index in [0.717, 1.165) is 18.6 Å². The van der Waals surface area contributed by atoms with Gasteiger partial charge >= 0.3 is 5.97 Å². The molecule has 126 valence electrons. The monoisotopic (exact) mass is 333 g/mol. The van der Waals surface area contributed by atoms with Crippen LogP contribution in [0.4, 0.5) is 8.78 Å². The topological polar surface area (TPSA) is 59.4 Å². The number of carboxylic acid groups (broad SMARTS) is 1. The van der Waals surface area contributed by atoms with Crippen molar-refractivity contribution in [3.05, 3.63) is 47.2 Å². The third-order valence-corrected chi connectivity index (χ3v) is 4.21. The average Bonchev–Trinajstić information content (AvgIpc) is 2.53. The Morgan fingerprint density at radius 3 is 2.67 bits per heavy atom. The van der Waals surface area contributed by atoms with E-state index in [1.165, 1.54) is 12.1 Å².